The summed E-state index contributed by atoms with van der Waals surface area (Å²) >= 11 is 6.08. The van der Waals surface area contributed by atoms with Gasteiger partial charge in [0.1, 0.15) is 11.6 Å². The third kappa shape index (κ3) is 4.81. The Morgan fingerprint density at radius 1 is 1.14 bits per heavy atom. The van der Waals surface area contributed by atoms with E-state index >= 15 is 0 Å². The lowest BCUT2D eigenvalue weighted by molar-refractivity contribution is 0.0982. The number of nitrogens with one attached hydrogen (secondary N) is 1. The lowest BCUT2D eigenvalue weighted by Gasteiger charge is -2.32. The number of anilines is 2. The number of rotatable bonds is 4. The van der Waals surface area contributed by atoms with Crippen LogP contribution in [0.4, 0.5) is 15.8 Å². The van der Waals surface area contributed by atoms with Gasteiger partial charge in [0.2, 0.25) is 0 Å². The molecule has 2 unspecified atom stereocenters. The van der Waals surface area contributed by atoms with E-state index in [0.29, 0.717) is 23.5 Å². The Bertz CT molecular complexity index is 1360. The zero-order valence-corrected chi connectivity index (χ0v) is 21.4. The van der Waals surface area contributed by atoms with Crippen molar-refractivity contribution < 1.29 is 18.7 Å². The van der Waals surface area contributed by atoms with Gasteiger partial charge in [0, 0.05) is 23.8 Å². The van der Waals surface area contributed by atoms with Crippen molar-refractivity contribution in [2.75, 3.05) is 23.9 Å². The van der Waals surface area contributed by atoms with Gasteiger partial charge in [-0.25, -0.2) is 4.39 Å². The highest BCUT2D eigenvalue weighted by Gasteiger charge is 2.43. The fourth-order valence-corrected chi connectivity index (χ4v) is 5.90. The fourth-order valence-electron chi connectivity index (χ4n) is 5.70. The number of nitrogens with two attached hydrogens (primary N) is 1. The van der Waals surface area contributed by atoms with E-state index in [-0.39, 0.29) is 28.0 Å². The molecule has 1 aliphatic heterocycles. The van der Waals surface area contributed by atoms with E-state index in [1.807, 2.05) is 23.1 Å². The van der Waals surface area contributed by atoms with Crippen molar-refractivity contribution in [2.45, 2.75) is 38.1 Å². The highest BCUT2D eigenvalue weighted by Crippen LogP contribution is 2.47. The molecule has 8 heteroatoms. The quantitative estimate of drug-likeness (QED) is 0.452. The first-order valence-corrected chi connectivity index (χ1v) is 12.8. The summed E-state index contributed by atoms with van der Waals surface area (Å²) in [5.74, 6) is -0.994. The number of carbonyl (C=O) groups is 2. The van der Waals surface area contributed by atoms with Crippen molar-refractivity contribution in [1.29, 1.82) is 0 Å². The Hall–Kier alpha value is -3.42. The minimum atomic E-state index is -0.582. The molecule has 1 aliphatic carbocycles. The predicted molar refractivity (Wildman–Crippen MR) is 143 cm³/mol. The molecule has 1 fully saturated rings. The predicted octanol–water partition coefficient (Wildman–Crippen LogP) is 5.83. The van der Waals surface area contributed by atoms with Crippen molar-refractivity contribution in [1.82, 2.24) is 0 Å². The molecular weight excluding hydrogens is 493 g/mol. The summed E-state index contributed by atoms with van der Waals surface area (Å²) in [6.45, 7) is 0.572. The van der Waals surface area contributed by atoms with Gasteiger partial charge in [0.25, 0.3) is 11.8 Å². The third-order valence-corrected chi connectivity index (χ3v) is 8.08. The minimum absolute atomic E-state index is 0.00379. The number of para-hydroxylation sites is 1. The van der Waals surface area contributed by atoms with Gasteiger partial charge in [-0.3, -0.25) is 9.59 Å². The number of methoxy groups -OCH3 is 1. The van der Waals surface area contributed by atoms with Gasteiger partial charge in [-0.05, 0) is 79.1 Å². The summed E-state index contributed by atoms with van der Waals surface area (Å²) in [4.78, 5) is 28.4. The third-order valence-electron chi connectivity index (χ3n) is 7.75. The molecule has 1 heterocycles. The van der Waals surface area contributed by atoms with Gasteiger partial charge in [-0.1, -0.05) is 36.2 Å². The monoisotopic (exact) mass is 521 g/mol. The maximum atomic E-state index is 13.8. The van der Waals surface area contributed by atoms with Crippen molar-refractivity contribution in [3.8, 4) is 5.75 Å². The maximum Gasteiger partial charge on any atom is 0.258 e. The van der Waals surface area contributed by atoms with E-state index in [9.17, 15) is 14.0 Å². The Kier molecular flexibility index (Phi) is 6.92. The summed E-state index contributed by atoms with van der Waals surface area (Å²) < 4.78 is 19.1. The zero-order valence-electron chi connectivity index (χ0n) is 20.6. The molecule has 2 atom stereocenters. The van der Waals surface area contributed by atoms with E-state index in [1.54, 1.807) is 18.2 Å². The molecular formula is C29H29ClFN3O3. The van der Waals surface area contributed by atoms with E-state index < -0.39 is 11.7 Å². The van der Waals surface area contributed by atoms with Crippen LogP contribution < -0.4 is 20.7 Å². The summed E-state index contributed by atoms with van der Waals surface area (Å²) in [5, 5.41) is 2.83. The van der Waals surface area contributed by atoms with Crippen LogP contribution in [0.5, 0.6) is 5.75 Å². The Morgan fingerprint density at radius 3 is 2.70 bits per heavy atom. The van der Waals surface area contributed by atoms with Gasteiger partial charge in [-0.15, -0.1) is 0 Å². The average Bonchev–Trinajstić information content (AvgIpc) is 3.15. The van der Waals surface area contributed by atoms with Crippen LogP contribution >= 0.6 is 11.6 Å². The number of halogens is 2. The second-order valence-corrected chi connectivity index (χ2v) is 10.3. The van der Waals surface area contributed by atoms with Crippen LogP contribution in [0.15, 0.2) is 60.7 Å². The Morgan fingerprint density at radius 2 is 1.95 bits per heavy atom. The van der Waals surface area contributed by atoms with Gasteiger partial charge in [0.05, 0.1) is 23.4 Å². The number of fused-ring (bicyclic) bond motifs is 1. The second-order valence-electron chi connectivity index (χ2n) is 9.87. The molecule has 3 aromatic carbocycles. The molecule has 0 radical (unpaired) electrons. The van der Waals surface area contributed by atoms with Crippen molar-refractivity contribution >= 4 is 34.8 Å². The van der Waals surface area contributed by atoms with Crippen LogP contribution in [-0.4, -0.2) is 31.5 Å². The Balaban J connectivity index is 1.42. The van der Waals surface area contributed by atoms with Crippen LogP contribution in [0.2, 0.25) is 5.02 Å². The molecule has 3 N–H and O–H groups in total. The van der Waals surface area contributed by atoms with Crippen LogP contribution in [-0.2, 0) is 6.42 Å². The average molecular weight is 522 g/mol. The molecule has 1 spiro atoms. The normalized spacial score (nSPS) is 20.9. The summed E-state index contributed by atoms with van der Waals surface area (Å²) in [6, 6.07) is 16.6. The lowest BCUT2D eigenvalue weighted by Crippen LogP contribution is -2.40. The zero-order chi connectivity index (χ0) is 26.2. The van der Waals surface area contributed by atoms with Crippen LogP contribution in [0.3, 0.4) is 0 Å². The number of hydrogen-bond donors (Lipinski definition) is 2. The SMILES string of the molecule is COc1cc(C(=O)N2CCC3(CCCC3N)Cc3ccccc32)ccc1NC(=O)c1cc(F)ccc1Cl. The number of carbonyl (C=O) groups excluding carboxylic acids is 2. The number of ether oxygens (including phenoxy) is 1. The largest absolute Gasteiger partial charge is 0.495 e. The van der Waals surface area contributed by atoms with Gasteiger partial charge in [0.15, 0.2) is 0 Å². The first kappa shape index (κ1) is 25.2. The lowest BCUT2D eigenvalue weighted by atomic mass is 9.75. The smallest absolute Gasteiger partial charge is 0.258 e. The molecule has 2 aliphatic rings. The van der Waals surface area contributed by atoms with Crippen molar-refractivity contribution in [3.63, 3.8) is 0 Å². The Labute approximate surface area is 220 Å². The van der Waals surface area contributed by atoms with E-state index in [4.69, 9.17) is 22.1 Å². The number of hydrogen-bond acceptors (Lipinski definition) is 4. The van der Waals surface area contributed by atoms with Gasteiger partial charge >= 0.3 is 0 Å². The van der Waals surface area contributed by atoms with Crippen molar-refractivity contribution in [3.05, 3.63) is 88.2 Å². The molecule has 5 rings (SSSR count). The summed E-state index contributed by atoms with van der Waals surface area (Å²) in [7, 11) is 1.46. The molecule has 2 amide bonds. The first-order valence-electron chi connectivity index (χ1n) is 12.4. The molecule has 0 saturated heterocycles. The standard InChI is InChI=1S/C29H29ClFN3O3/c1-37-25-15-18(8-11-23(25)33-27(35)21-16-20(31)9-10-22(21)30)28(36)34-14-13-29(12-4-7-26(29)32)17-19-5-2-3-6-24(19)34/h2-3,5-6,8-11,15-16,26H,4,7,12-14,17,32H2,1H3,(H,33,35). The number of benzene rings is 3. The minimum Gasteiger partial charge on any atom is -0.495 e. The van der Waals surface area contributed by atoms with Gasteiger partial charge < -0.3 is 20.7 Å². The second kappa shape index (κ2) is 10.1. The molecule has 37 heavy (non-hydrogen) atoms. The maximum absolute atomic E-state index is 13.8. The van der Waals surface area contributed by atoms with Crippen molar-refractivity contribution in [2.24, 2.45) is 11.1 Å². The highest BCUT2D eigenvalue weighted by molar-refractivity contribution is 6.34. The molecule has 0 bridgehead atoms. The van der Waals surface area contributed by atoms with Crippen LogP contribution in [0.1, 0.15) is 52.0 Å². The molecule has 6 nitrogen and oxygen atoms in total. The fraction of sp³-hybridized carbons (Fsp3) is 0.310. The van der Waals surface area contributed by atoms with Crippen LogP contribution in [0.25, 0.3) is 0 Å². The molecule has 3 aromatic rings. The summed E-state index contributed by atoms with van der Waals surface area (Å²) in [6.07, 6.45) is 4.91. The van der Waals surface area contributed by atoms with Gasteiger partial charge in [-0.2, -0.15) is 0 Å². The molecule has 1 saturated carbocycles. The molecule has 0 aromatic heterocycles. The topological polar surface area (TPSA) is 84.7 Å². The van der Waals surface area contributed by atoms with E-state index in [2.05, 4.69) is 11.4 Å². The number of amides is 2. The first-order chi connectivity index (χ1) is 17.8. The van der Waals surface area contributed by atoms with E-state index in [1.165, 1.54) is 19.2 Å². The summed E-state index contributed by atoms with van der Waals surface area (Å²) in [5.41, 5.74) is 9.40. The van der Waals surface area contributed by atoms with E-state index in [0.717, 1.165) is 49.4 Å². The van der Waals surface area contributed by atoms with Crippen LogP contribution in [0, 0.1) is 11.2 Å². The number of nitrogens with zero attached hydrogens (tertiary/aromatic N) is 1. The highest BCUT2D eigenvalue weighted by atomic mass is 35.5. The molecule has 192 valence electrons.